The van der Waals surface area contributed by atoms with Gasteiger partial charge in [-0.05, 0) is 39.2 Å². The molecule has 0 aliphatic carbocycles. The zero-order chi connectivity index (χ0) is 14.5. The molecule has 1 rings (SSSR count). The predicted octanol–water partition coefficient (Wildman–Crippen LogP) is 3.75. The van der Waals surface area contributed by atoms with Crippen molar-refractivity contribution in [3.8, 4) is 0 Å². The van der Waals surface area contributed by atoms with Gasteiger partial charge in [-0.25, -0.2) is 0 Å². The van der Waals surface area contributed by atoms with E-state index in [1.165, 1.54) is 16.7 Å². The zero-order valence-corrected chi connectivity index (χ0v) is 13.1. The summed E-state index contributed by atoms with van der Waals surface area (Å²) >= 11 is 0. The molecule has 0 radical (unpaired) electrons. The van der Waals surface area contributed by atoms with Crippen LogP contribution < -0.4 is 5.32 Å². The second kappa shape index (κ2) is 7.06. The van der Waals surface area contributed by atoms with Crippen molar-refractivity contribution >= 4 is 0 Å². The Kier molecular flexibility index (Phi) is 6.02. The largest absolute Gasteiger partial charge is 0.396 e. The number of hydrogen-bond acceptors (Lipinski definition) is 2. The summed E-state index contributed by atoms with van der Waals surface area (Å²) in [6, 6.07) is 7.00. The summed E-state index contributed by atoms with van der Waals surface area (Å²) in [6.45, 7) is 11.9. The molecule has 0 bridgehead atoms. The summed E-state index contributed by atoms with van der Waals surface area (Å²) in [6.07, 6.45) is 2.01. The lowest BCUT2D eigenvalue weighted by atomic mass is 9.83. The minimum atomic E-state index is 0.0210. The summed E-state index contributed by atoms with van der Waals surface area (Å²) in [5.74, 6) is 0. The Bertz CT molecular complexity index is 368. The number of benzene rings is 1. The summed E-state index contributed by atoms with van der Waals surface area (Å²) in [7, 11) is 0. The van der Waals surface area contributed by atoms with Crippen molar-refractivity contribution < 1.29 is 5.11 Å². The lowest BCUT2D eigenvalue weighted by molar-refractivity contribution is 0.110. The van der Waals surface area contributed by atoms with Crippen molar-refractivity contribution in [1.82, 2.24) is 5.32 Å². The molecule has 0 aliphatic heterocycles. The van der Waals surface area contributed by atoms with Gasteiger partial charge >= 0.3 is 0 Å². The van der Waals surface area contributed by atoms with Gasteiger partial charge in [0.25, 0.3) is 0 Å². The van der Waals surface area contributed by atoms with Gasteiger partial charge in [-0.2, -0.15) is 0 Å². The van der Waals surface area contributed by atoms with E-state index in [1.807, 2.05) is 0 Å². The van der Waals surface area contributed by atoms with Crippen molar-refractivity contribution in [3.63, 3.8) is 0 Å². The number of aliphatic hydroxyl groups excluding tert-OH is 1. The number of nitrogens with one attached hydrogen (secondary N) is 1. The van der Waals surface area contributed by atoms with E-state index in [0.717, 1.165) is 19.4 Å². The molecule has 1 unspecified atom stereocenters. The van der Waals surface area contributed by atoms with Crippen LogP contribution in [0.1, 0.15) is 56.3 Å². The molecule has 108 valence electrons. The standard InChI is InChI=1S/C17H29NO/c1-6-17(7-2,12-19)11-18-15(5)16-9-13(3)8-14(4)10-16/h8-10,15,18-19H,6-7,11-12H2,1-5H3. The Labute approximate surface area is 118 Å². The van der Waals surface area contributed by atoms with E-state index in [9.17, 15) is 5.11 Å². The van der Waals surface area contributed by atoms with Gasteiger partial charge in [-0.15, -0.1) is 0 Å². The molecule has 19 heavy (non-hydrogen) atoms. The third-order valence-corrected chi connectivity index (χ3v) is 4.36. The fourth-order valence-electron chi connectivity index (χ4n) is 2.53. The normalized spacial score (nSPS) is 13.6. The molecule has 1 aromatic rings. The Balaban J connectivity index is 2.71. The van der Waals surface area contributed by atoms with E-state index >= 15 is 0 Å². The van der Waals surface area contributed by atoms with E-state index in [1.54, 1.807) is 0 Å². The van der Waals surface area contributed by atoms with Crippen molar-refractivity contribution in [1.29, 1.82) is 0 Å². The highest BCUT2D eigenvalue weighted by atomic mass is 16.3. The van der Waals surface area contributed by atoms with E-state index < -0.39 is 0 Å². The molecule has 0 aromatic heterocycles. The van der Waals surface area contributed by atoms with Crippen molar-refractivity contribution in [2.24, 2.45) is 5.41 Å². The van der Waals surface area contributed by atoms with Crippen LogP contribution in [0.15, 0.2) is 18.2 Å². The van der Waals surface area contributed by atoms with Gasteiger partial charge in [-0.1, -0.05) is 43.2 Å². The van der Waals surface area contributed by atoms with E-state index in [-0.39, 0.29) is 12.0 Å². The Morgan fingerprint density at radius 1 is 1.11 bits per heavy atom. The highest BCUT2D eigenvalue weighted by Gasteiger charge is 2.25. The summed E-state index contributed by atoms with van der Waals surface area (Å²) in [4.78, 5) is 0. The van der Waals surface area contributed by atoms with Gasteiger partial charge < -0.3 is 10.4 Å². The first-order chi connectivity index (χ1) is 8.96. The molecule has 1 atom stereocenters. The molecule has 0 saturated carbocycles. The van der Waals surface area contributed by atoms with Gasteiger partial charge in [0.05, 0.1) is 0 Å². The van der Waals surface area contributed by atoms with Crippen LogP contribution >= 0.6 is 0 Å². The van der Waals surface area contributed by atoms with Crippen molar-refractivity contribution in [2.75, 3.05) is 13.2 Å². The second-order valence-electron chi connectivity index (χ2n) is 5.89. The van der Waals surface area contributed by atoms with Crippen LogP contribution in [0.5, 0.6) is 0 Å². The highest BCUT2D eigenvalue weighted by molar-refractivity contribution is 5.30. The summed E-state index contributed by atoms with van der Waals surface area (Å²) < 4.78 is 0. The van der Waals surface area contributed by atoms with Crippen LogP contribution in [0.4, 0.5) is 0 Å². The SMILES string of the molecule is CCC(CC)(CO)CNC(C)c1cc(C)cc(C)c1. The maximum atomic E-state index is 9.61. The van der Waals surface area contributed by atoms with Gasteiger partial charge in [-0.3, -0.25) is 0 Å². The van der Waals surface area contributed by atoms with E-state index in [0.29, 0.717) is 6.04 Å². The second-order valence-corrected chi connectivity index (χ2v) is 5.89. The minimum absolute atomic E-state index is 0.0210. The molecule has 0 amide bonds. The molecule has 0 spiro atoms. The van der Waals surface area contributed by atoms with Crippen LogP contribution in [0, 0.1) is 19.3 Å². The van der Waals surface area contributed by atoms with Crippen LogP contribution in [0.3, 0.4) is 0 Å². The van der Waals surface area contributed by atoms with Crippen molar-refractivity contribution in [3.05, 3.63) is 34.9 Å². The van der Waals surface area contributed by atoms with Crippen LogP contribution in [-0.4, -0.2) is 18.3 Å². The number of rotatable bonds is 7. The van der Waals surface area contributed by atoms with E-state index in [2.05, 4.69) is 58.1 Å². The molecule has 2 nitrogen and oxygen atoms in total. The Hall–Kier alpha value is -0.860. The fraction of sp³-hybridized carbons (Fsp3) is 0.647. The summed E-state index contributed by atoms with van der Waals surface area (Å²) in [5, 5.41) is 13.2. The smallest absolute Gasteiger partial charge is 0.0499 e. The topological polar surface area (TPSA) is 32.3 Å². The molecule has 0 saturated heterocycles. The molecule has 2 N–H and O–H groups in total. The maximum absolute atomic E-state index is 9.61. The molecule has 0 fully saturated rings. The Morgan fingerprint density at radius 2 is 1.63 bits per heavy atom. The fourth-order valence-corrected chi connectivity index (χ4v) is 2.53. The molecule has 0 heterocycles. The number of hydrogen-bond donors (Lipinski definition) is 2. The monoisotopic (exact) mass is 263 g/mol. The third-order valence-electron chi connectivity index (χ3n) is 4.36. The summed E-state index contributed by atoms with van der Waals surface area (Å²) in [5.41, 5.74) is 3.97. The zero-order valence-electron chi connectivity index (χ0n) is 13.1. The average molecular weight is 263 g/mol. The van der Waals surface area contributed by atoms with Gasteiger partial charge in [0.2, 0.25) is 0 Å². The average Bonchev–Trinajstić information content (AvgIpc) is 2.39. The quantitative estimate of drug-likeness (QED) is 0.785. The highest BCUT2D eigenvalue weighted by Crippen LogP contribution is 2.26. The third kappa shape index (κ3) is 4.32. The molecular weight excluding hydrogens is 234 g/mol. The lowest BCUT2D eigenvalue weighted by Gasteiger charge is -2.31. The van der Waals surface area contributed by atoms with Gasteiger partial charge in [0.15, 0.2) is 0 Å². The first-order valence-electron chi connectivity index (χ1n) is 7.38. The van der Waals surface area contributed by atoms with Gasteiger partial charge in [0, 0.05) is 24.6 Å². The van der Waals surface area contributed by atoms with Crippen molar-refractivity contribution in [2.45, 2.75) is 53.5 Å². The molecule has 0 aliphatic rings. The minimum Gasteiger partial charge on any atom is -0.396 e. The number of aliphatic hydroxyl groups is 1. The molecule has 1 aromatic carbocycles. The number of aryl methyl sites for hydroxylation is 2. The predicted molar refractivity (Wildman–Crippen MR) is 82.4 cm³/mol. The molecule has 2 heteroatoms. The first-order valence-corrected chi connectivity index (χ1v) is 7.38. The van der Waals surface area contributed by atoms with Gasteiger partial charge in [0.1, 0.15) is 0 Å². The molecular formula is C17H29NO. The van der Waals surface area contributed by atoms with E-state index in [4.69, 9.17) is 0 Å². The first kappa shape index (κ1) is 16.2. The van der Waals surface area contributed by atoms with Crippen LogP contribution in [0.25, 0.3) is 0 Å². The Morgan fingerprint density at radius 3 is 2.05 bits per heavy atom. The van der Waals surface area contributed by atoms with Crippen LogP contribution in [0.2, 0.25) is 0 Å². The maximum Gasteiger partial charge on any atom is 0.0499 e. The van der Waals surface area contributed by atoms with Crippen LogP contribution in [-0.2, 0) is 0 Å². The lowest BCUT2D eigenvalue weighted by Crippen LogP contribution is -2.37.